The second-order valence-electron chi connectivity index (χ2n) is 5.85. The minimum Gasteiger partial charge on any atom is -0.493 e. The van der Waals surface area contributed by atoms with E-state index in [1.807, 2.05) is 39.0 Å². The number of methoxy groups -OCH3 is 1. The van der Waals surface area contributed by atoms with Crippen LogP contribution in [-0.4, -0.2) is 19.0 Å². The molecule has 0 bridgehead atoms. The molecule has 0 radical (unpaired) electrons. The number of rotatable bonds is 5. The first kappa shape index (κ1) is 17.6. The van der Waals surface area contributed by atoms with Gasteiger partial charge in [-0.05, 0) is 62.6 Å². The molecule has 0 spiro atoms. The summed E-state index contributed by atoms with van der Waals surface area (Å²) in [6.07, 6.45) is -0.660. The van der Waals surface area contributed by atoms with Crippen LogP contribution < -0.4 is 9.47 Å². The van der Waals surface area contributed by atoms with E-state index in [-0.39, 0.29) is 5.78 Å². The number of nitrogens with zero attached hydrogens (tertiary/aromatic N) is 1. The summed E-state index contributed by atoms with van der Waals surface area (Å²) in [4.78, 5) is 12.7. The molecule has 0 saturated carbocycles. The lowest BCUT2D eigenvalue weighted by Gasteiger charge is -2.18. The fraction of sp³-hybridized carbons (Fsp3) is 0.300. The van der Waals surface area contributed by atoms with Crippen LogP contribution in [0.3, 0.4) is 0 Å². The van der Waals surface area contributed by atoms with Gasteiger partial charge in [0.05, 0.1) is 18.7 Å². The van der Waals surface area contributed by atoms with E-state index in [2.05, 4.69) is 0 Å². The summed E-state index contributed by atoms with van der Waals surface area (Å²) < 4.78 is 11.0. The minimum absolute atomic E-state index is 0.0815. The topological polar surface area (TPSA) is 59.3 Å². The second kappa shape index (κ2) is 7.18. The Morgan fingerprint density at radius 2 is 1.71 bits per heavy atom. The highest BCUT2D eigenvalue weighted by Gasteiger charge is 2.21. The van der Waals surface area contributed by atoms with Crippen molar-refractivity contribution in [2.75, 3.05) is 7.11 Å². The molecule has 0 aliphatic heterocycles. The van der Waals surface area contributed by atoms with Crippen molar-refractivity contribution in [2.45, 2.75) is 33.8 Å². The van der Waals surface area contributed by atoms with Crippen molar-refractivity contribution in [1.82, 2.24) is 0 Å². The van der Waals surface area contributed by atoms with Gasteiger partial charge in [-0.15, -0.1) is 0 Å². The lowest BCUT2D eigenvalue weighted by atomic mass is 9.96. The monoisotopic (exact) mass is 323 g/mol. The molecule has 124 valence electrons. The van der Waals surface area contributed by atoms with Crippen LogP contribution in [0, 0.1) is 32.1 Å². The van der Waals surface area contributed by atoms with Crippen LogP contribution in [0.25, 0.3) is 0 Å². The van der Waals surface area contributed by atoms with Crippen molar-refractivity contribution in [3.05, 3.63) is 58.1 Å². The molecule has 0 heterocycles. The number of benzene rings is 2. The molecule has 0 fully saturated rings. The average molecular weight is 323 g/mol. The molecule has 2 aromatic rings. The number of hydrogen-bond donors (Lipinski definition) is 0. The number of hydrogen-bond acceptors (Lipinski definition) is 4. The van der Waals surface area contributed by atoms with E-state index in [0.717, 1.165) is 16.7 Å². The van der Waals surface area contributed by atoms with Crippen LogP contribution in [0.5, 0.6) is 11.5 Å². The van der Waals surface area contributed by atoms with Gasteiger partial charge in [0.1, 0.15) is 0 Å². The molecular formula is C20H21NO3. The summed E-state index contributed by atoms with van der Waals surface area (Å²) >= 11 is 0. The van der Waals surface area contributed by atoms with Gasteiger partial charge in [-0.2, -0.15) is 5.26 Å². The van der Waals surface area contributed by atoms with Crippen molar-refractivity contribution in [3.63, 3.8) is 0 Å². The smallest absolute Gasteiger partial charge is 0.203 e. The minimum atomic E-state index is -0.660. The van der Waals surface area contributed by atoms with E-state index in [1.54, 1.807) is 25.1 Å². The first-order valence-corrected chi connectivity index (χ1v) is 7.74. The SMILES string of the molecule is COc1cc(C#N)ccc1O[C@H](C)C(=O)c1cc(C)c(C)cc1C. The van der Waals surface area contributed by atoms with Gasteiger partial charge < -0.3 is 9.47 Å². The number of carbonyl (C=O) groups is 1. The molecule has 1 atom stereocenters. The second-order valence-corrected chi connectivity index (χ2v) is 5.85. The molecule has 0 aromatic heterocycles. The van der Waals surface area contributed by atoms with Crippen molar-refractivity contribution in [1.29, 1.82) is 5.26 Å². The van der Waals surface area contributed by atoms with Gasteiger partial charge in [0, 0.05) is 11.6 Å². The maximum Gasteiger partial charge on any atom is 0.203 e. The van der Waals surface area contributed by atoms with Crippen molar-refractivity contribution >= 4 is 5.78 Å². The summed E-state index contributed by atoms with van der Waals surface area (Å²) in [7, 11) is 1.50. The average Bonchev–Trinajstić information content (AvgIpc) is 2.57. The third kappa shape index (κ3) is 3.57. The van der Waals surface area contributed by atoms with Gasteiger partial charge >= 0.3 is 0 Å². The Hall–Kier alpha value is -2.80. The van der Waals surface area contributed by atoms with E-state index in [9.17, 15) is 4.79 Å². The third-order valence-corrected chi connectivity index (χ3v) is 4.07. The Bertz CT molecular complexity index is 818. The molecule has 4 heteroatoms. The molecule has 4 nitrogen and oxygen atoms in total. The molecule has 2 aromatic carbocycles. The van der Waals surface area contributed by atoms with E-state index in [0.29, 0.717) is 22.6 Å². The van der Waals surface area contributed by atoms with Gasteiger partial charge in [0.15, 0.2) is 17.6 Å². The zero-order valence-electron chi connectivity index (χ0n) is 14.6. The number of ketones is 1. The summed E-state index contributed by atoms with van der Waals surface area (Å²) in [6.45, 7) is 7.65. The normalized spacial score (nSPS) is 11.5. The fourth-order valence-electron chi connectivity index (χ4n) is 2.52. The number of ether oxygens (including phenoxy) is 2. The van der Waals surface area contributed by atoms with Crippen molar-refractivity contribution in [3.8, 4) is 17.6 Å². The van der Waals surface area contributed by atoms with Gasteiger partial charge in [0.2, 0.25) is 5.78 Å². The van der Waals surface area contributed by atoms with Crippen LogP contribution in [0.2, 0.25) is 0 Å². The predicted octanol–water partition coefficient (Wildman–Crippen LogP) is 4.14. The van der Waals surface area contributed by atoms with Crippen LogP contribution in [0.4, 0.5) is 0 Å². The fourth-order valence-corrected chi connectivity index (χ4v) is 2.52. The maximum absolute atomic E-state index is 12.7. The number of carbonyl (C=O) groups excluding carboxylic acids is 1. The summed E-state index contributed by atoms with van der Waals surface area (Å²) in [5, 5.41) is 8.95. The number of nitriles is 1. The largest absolute Gasteiger partial charge is 0.493 e. The highest BCUT2D eigenvalue weighted by molar-refractivity contribution is 6.01. The maximum atomic E-state index is 12.7. The van der Waals surface area contributed by atoms with E-state index in [4.69, 9.17) is 14.7 Å². The van der Waals surface area contributed by atoms with Crippen molar-refractivity contribution in [2.24, 2.45) is 0 Å². The molecule has 2 rings (SSSR count). The van der Waals surface area contributed by atoms with Crippen LogP contribution in [-0.2, 0) is 0 Å². The molecule has 0 aliphatic rings. The molecule has 0 N–H and O–H groups in total. The van der Waals surface area contributed by atoms with Crippen molar-refractivity contribution < 1.29 is 14.3 Å². The zero-order chi connectivity index (χ0) is 17.9. The summed E-state index contributed by atoms with van der Waals surface area (Å²) in [6, 6.07) is 10.8. The molecule has 0 amide bonds. The van der Waals surface area contributed by atoms with Crippen LogP contribution in [0.1, 0.15) is 39.5 Å². The van der Waals surface area contributed by atoms with E-state index < -0.39 is 6.10 Å². The molecular weight excluding hydrogens is 302 g/mol. The Balaban J connectivity index is 2.27. The first-order chi connectivity index (χ1) is 11.4. The molecule has 24 heavy (non-hydrogen) atoms. The number of Topliss-reactive ketones (excluding diaryl/α,β-unsaturated/α-hetero) is 1. The Morgan fingerprint density at radius 1 is 1.04 bits per heavy atom. The first-order valence-electron chi connectivity index (χ1n) is 7.74. The Kier molecular flexibility index (Phi) is 5.25. The standard InChI is InChI=1S/C20H21NO3/c1-12-8-14(3)17(9-13(12)2)20(22)15(4)24-18-7-6-16(11-21)10-19(18)23-5/h6-10,15H,1-5H3/t15-/m1/s1. The van der Waals surface area contributed by atoms with Gasteiger partial charge in [0.25, 0.3) is 0 Å². The number of aryl methyl sites for hydroxylation is 3. The van der Waals surface area contributed by atoms with Crippen LogP contribution >= 0.6 is 0 Å². The van der Waals surface area contributed by atoms with Gasteiger partial charge in [-0.25, -0.2) is 0 Å². The third-order valence-electron chi connectivity index (χ3n) is 4.07. The highest BCUT2D eigenvalue weighted by atomic mass is 16.5. The molecule has 0 aliphatic carbocycles. The molecule has 0 unspecified atom stereocenters. The predicted molar refractivity (Wildman–Crippen MR) is 92.8 cm³/mol. The van der Waals surface area contributed by atoms with Gasteiger partial charge in [-0.3, -0.25) is 4.79 Å². The highest BCUT2D eigenvalue weighted by Crippen LogP contribution is 2.29. The van der Waals surface area contributed by atoms with Crippen LogP contribution in [0.15, 0.2) is 30.3 Å². The quantitative estimate of drug-likeness (QED) is 0.776. The Morgan fingerprint density at radius 3 is 2.33 bits per heavy atom. The lowest BCUT2D eigenvalue weighted by Crippen LogP contribution is -2.25. The zero-order valence-corrected chi connectivity index (χ0v) is 14.6. The van der Waals surface area contributed by atoms with Gasteiger partial charge in [-0.1, -0.05) is 6.07 Å². The van der Waals surface area contributed by atoms with E-state index in [1.165, 1.54) is 7.11 Å². The summed E-state index contributed by atoms with van der Waals surface area (Å²) in [5.74, 6) is 0.798. The lowest BCUT2D eigenvalue weighted by molar-refractivity contribution is 0.0813. The van der Waals surface area contributed by atoms with E-state index >= 15 is 0 Å². The molecule has 0 saturated heterocycles. The Labute approximate surface area is 142 Å². The summed E-state index contributed by atoms with van der Waals surface area (Å²) in [5.41, 5.74) is 4.31.